The van der Waals surface area contributed by atoms with Crippen molar-refractivity contribution in [1.82, 2.24) is 19.7 Å². The molecule has 2 aromatic rings. The summed E-state index contributed by atoms with van der Waals surface area (Å²) >= 11 is 0. The van der Waals surface area contributed by atoms with Crippen LogP contribution in [0.15, 0.2) is 6.20 Å². The van der Waals surface area contributed by atoms with Gasteiger partial charge in [-0.25, -0.2) is 0 Å². The summed E-state index contributed by atoms with van der Waals surface area (Å²) < 4.78 is 12.2. The van der Waals surface area contributed by atoms with Crippen molar-refractivity contribution in [1.29, 1.82) is 0 Å². The van der Waals surface area contributed by atoms with Crippen LogP contribution in [0.4, 0.5) is 11.8 Å². The predicted octanol–water partition coefficient (Wildman–Crippen LogP) is 0.258. The molecule has 0 unspecified atom stereocenters. The fraction of sp³-hybridized carbons (Fsp3) is 0.615. The van der Waals surface area contributed by atoms with E-state index in [2.05, 4.69) is 25.3 Å². The lowest BCUT2D eigenvalue weighted by atomic mass is 10.3. The molecule has 3 rings (SSSR count). The molecule has 114 valence electrons. The molecule has 1 aliphatic heterocycles. The lowest BCUT2D eigenvalue weighted by Crippen LogP contribution is -2.37. The van der Waals surface area contributed by atoms with Gasteiger partial charge < -0.3 is 19.7 Å². The average molecular weight is 292 g/mol. The lowest BCUT2D eigenvalue weighted by molar-refractivity contribution is 0.122. The number of morpholine rings is 1. The van der Waals surface area contributed by atoms with E-state index < -0.39 is 0 Å². The maximum Gasteiger partial charge on any atom is 0.226 e. The SMILES string of the molecule is COCCNc1nc(N2CCOCC2)c2cnn(C)c2n1. The van der Waals surface area contributed by atoms with Gasteiger partial charge in [-0.1, -0.05) is 0 Å². The first kappa shape index (κ1) is 14.0. The molecule has 2 aromatic heterocycles. The quantitative estimate of drug-likeness (QED) is 0.792. The third-order valence-corrected chi connectivity index (χ3v) is 3.47. The second-order valence-electron chi connectivity index (χ2n) is 4.90. The van der Waals surface area contributed by atoms with Crippen molar-refractivity contribution in [2.24, 2.45) is 7.05 Å². The van der Waals surface area contributed by atoms with Gasteiger partial charge in [0.2, 0.25) is 5.95 Å². The zero-order valence-electron chi connectivity index (χ0n) is 12.4. The van der Waals surface area contributed by atoms with Crippen molar-refractivity contribution < 1.29 is 9.47 Å². The molecule has 21 heavy (non-hydrogen) atoms. The molecule has 1 saturated heterocycles. The Kier molecular flexibility index (Phi) is 4.16. The highest BCUT2D eigenvalue weighted by Gasteiger charge is 2.19. The van der Waals surface area contributed by atoms with Gasteiger partial charge in [-0.15, -0.1) is 0 Å². The topological polar surface area (TPSA) is 77.3 Å². The maximum absolute atomic E-state index is 5.41. The number of aromatic nitrogens is 4. The Labute approximate surface area is 123 Å². The number of nitrogens with zero attached hydrogens (tertiary/aromatic N) is 5. The maximum atomic E-state index is 5.41. The molecule has 0 aliphatic carbocycles. The van der Waals surface area contributed by atoms with Crippen LogP contribution in [0.5, 0.6) is 0 Å². The second-order valence-corrected chi connectivity index (χ2v) is 4.90. The first-order chi connectivity index (χ1) is 10.3. The fourth-order valence-electron chi connectivity index (χ4n) is 2.37. The molecule has 0 aromatic carbocycles. The summed E-state index contributed by atoms with van der Waals surface area (Å²) in [7, 11) is 3.56. The minimum Gasteiger partial charge on any atom is -0.383 e. The van der Waals surface area contributed by atoms with Crippen molar-refractivity contribution in [2.75, 3.05) is 56.8 Å². The Morgan fingerprint density at radius 3 is 2.90 bits per heavy atom. The molecule has 0 saturated carbocycles. The first-order valence-electron chi connectivity index (χ1n) is 7.05. The summed E-state index contributed by atoms with van der Waals surface area (Å²) in [6, 6.07) is 0. The third-order valence-electron chi connectivity index (χ3n) is 3.47. The normalized spacial score (nSPS) is 15.6. The monoisotopic (exact) mass is 292 g/mol. The van der Waals surface area contributed by atoms with E-state index in [1.165, 1.54) is 0 Å². The molecule has 0 radical (unpaired) electrons. The van der Waals surface area contributed by atoms with Gasteiger partial charge in [-0.2, -0.15) is 15.1 Å². The number of fused-ring (bicyclic) bond motifs is 1. The summed E-state index contributed by atoms with van der Waals surface area (Å²) in [5.74, 6) is 1.51. The van der Waals surface area contributed by atoms with Crippen LogP contribution in [-0.2, 0) is 16.5 Å². The van der Waals surface area contributed by atoms with Crippen LogP contribution in [0.2, 0.25) is 0 Å². The zero-order chi connectivity index (χ0) is 14.7. The Hall–Kier alpha value is -1.93. The largest absolute Gasteiger partial charge is 0.383 e. The summed E-state index contributed by atoms with van der Waals surface area (Å²) in [5.41, 5.74) is 0.825. The highest BCUT2D eigenvalue weighted by Crippen LogP contribution is 2.25. The van der Waals surface area contributed by atoms with Crippen molar-refractivity contribution in [3.8, 4) is 0 Å². The standard InChI is InChI=1S/C13H20N6O2/c1-18-11-10(9-15-18)12(19-4-7-21-8-5-19)17-13(16-11)14-3-6-20-2/h9H,3-8H2,1-2H3,(H,14,16,17). The van der Waals surface area contributed by atoms with E-state index in [1.807, 2.05) is 13.2 Å². The Balaban J connectivity index is 1.95. The molecule has 1 N–H and O–H groups in total. The van der Waals surface area contributed by atoms with Crippen molar-refractivity contribution in [3.05, 3.63) is 6.20 Å². The average Bonchev–Trinajstić information content (AvgIpc) is 2.89. The Morgan fingerprint density at radius 2 is 2.14 bits per heavy atom. The van der Waals surface area contributed by atoms with Crippen molar-refractivity contribution in [2.45, 2.75) is 0 Å². The number of nitrogens with one attached hydrogen (secondary N) is 1. The van der Waals surface area contributed by atoms with Crippen LogP contribution in [-0.4, -0.2) is 66.3 Å². The molecule has 1 fully saturated rings. The number of aryl methyl sites for hydroxylation is 1. The number of hydrogen-bond acceptors (Lipinski definition) is 7. The van der Waals surface area contributed by atoms with E-state index in [0.717, 1.165) is 43.2 Å². The number of hydrogen-bond donors (Lipinski definition) is 1. The molecular weight excluding hydrogens is 272 g/mol. The van der Waals surface area contributed by atoms with E-state index in [0.29, 0.717) is 19.1 Å². The van der Waals surface area contributed by atoms with Gasteiger partial charge >= 0.3 is 0 Å². The van der Waals surface area contributed by atoms with Gasteiger partial charge in [0.15, 0.2) is 5.65 Å². The molecule has 1 aliphatic rings. The molecule has 0 atom stereocenters. The van der Waals surface area contributed by atoms with E-state index >= 15 is 0 Å². The van der Waals surface area contributed by atoms with Crippen molar-refractivity contribution in [3.63, 3.8) is 0 Å². The molecule has 0 spiro atoms. The molecule has 0 bridgehead atoms. The second kappa shape index (κ2) is 6.23. The zero-order valence-corrected chi connectivity index (χ0v) is 12.4. The Bertz CT molecular complexity index is 608. The van der Waals surface area contributed by atoms with Crippen LogP contribution in [0.1, 0.15) is 0 Å². The first-order valence-corrected chi connectivity index (χ1v) is 7.05. The van der Waals surface area contributed by atoms with Gasteiger partial charge in [0.1, 0.15) is 5.82 Å². The molecular formula is C13H20N6O2. The summed E-state index contributed by atoms with van der Waals surface area (Å²) in [6.45, 7) is 4.38. The van der Waals surface area contributed by atoms with Gasteiger partial charge in [0, 0.05) is 33.8 Å². The van der Waals surface area contributed by atoms with Crippen LogP contribution >= 0.6 is 0 Å². The number of rotatable bonds is 5. The molecule has 0 amide bonds. The lowest BCUT2D eigenvalue weighted by Gasteiger charge is -2.28. The Morgan fingerprint density at radius 1 is 1.33 bits per heavy atom. The van der Waals surface area contributed by atoms with E-state index in [1.54, 1.807) is 11.8 Å². The minimum absolute atomic E-state index is 0.602. The van der Waals surface area contributed by atoms with Crippen LogP contribution in [0.3, 0.4) is 0 Å². The van der Waals surface area contributed by atoms with Gasteiger partial charge in [0.25, 0.3) is 0 Å². The summed E-state index contributed by atoms with van der Waals surface area (Å²) in [5, 5.41) is 8.45. The molecule has 8 heteroatoms. The number of methoxy groups -OCH3 is 1. The smallest absolute Gasteiger partial charge is 0.226 e. The fourth-order valence-corrected chi connectivity index (χ4v) is 2.37. The third kappa shape index (κ3) is 2.91. The number of anilines is 2. The highest BCUT2D eigenvalue weighted by atomic mass is 16.5. The van der Waals surface area contributed by atoms with Crippen LogP contribution < -0.4 is 10.2 Å². The van der Waals surface area contributed by atoms with Crippen LogP contribution in [0, 0.1) is 0 Å². The molecule has 8 nitrogen and oxygen atoms in total. The number of ether oxygens (including phenoxy) is 2. The highest BCUT2D eigenvalue weighted by molar-refractivity contribution is 5.88. The van der Waals surface area contributed by atoms with E-state index in [9.17, 15) is 0 Å². The van der Waals surface area contributed by atoms with Crippen LogP contribution in [0.25, 0.3) is 11.0 Å². The summed E-state index contributed by atoms with van der Waals surface area (Å²) in [4.78, 5) is 11.4. The predicted molar refractivity (Wildman–Crippen MR) is 79.7 cm³/mol. The summed E-state index contributed by atoms with van der Waals surface area (Å²) in [6.07, 6.45) is 1.82. The van der Waals surface area contributed by atoms with Gasteiger partial charge in [-0.3, -0.25) is 4.68 Å². The molecule has 3 heterocycles. The minimum atomic E-state index is 0.602. The van der Waals surface area contributed by atoms with Crippen molar-refractivity contribution >= 4 is 22.8 Å². The van der Waals surface area contributed by atoms with Gasteiger partial charge in [-0.05, 0) is 0 Å². The van der Waals surface area contributed by atoms with E-state index in [4.69, 9.17) is 9.47 Å². The van der Waals surface area contributed by atoms with Gasteiger partial charge in [0.05, 0.1) is 31.4 Å². The van der Waals surface area contributed by atoms with E-state index in [-0.39, 0.29) is 0 Å².